The maximum Gasteiger partial charge on any atom is 0.162 e. The van der Waals surface area contributed by atoms with E-state index in [0.717, 1.165) is 31.4 Å². The fraction of sp³-hybridized carbons (Fsp3) is 0.562. The first-order chi connectivity index (χ1) is 9.15. The Labute approximate surface area is 114 Å². The lowest BCUT2D eigenvalue weighted by Gasteiger charge is -2.02. The Kier molecular flexibility index (Phi) is 7.31. The first kappa shape index (κ1) is 15.8. The van der Waals surface area contributed by atoms with Gasteiger partial charge in [0, 0.05) is 12.0 Å². The molecule has 19 heavy (non-hydrogen) atoms. The predicted molar refractivity (Wildman–Crippen MR) is 73.3 cm³/mol. The number of hydrogen-bond donors (Lipinski definition) is 0. The Balaban J connectivity index is 2.22. The van der Waals surface area contributed by atoms with Crippen molar-refractivity contribution in [3.05, 3.63) is 35.4 Å². The van der Waals surface area contributed by atoms with Crippen LogP contribution in [0.5, 0.6) is 0 Å². The molecule has 0 saturated carbocycles. The highest BCUT2D eigenvalue weighted by Crippen LogP contribution is 2.14. The van der Waals surface area contributed by atoms with Gasteiger partial charge in [0.1, 0.15) is 0 Å². The molecule has 1 aromatic carbocycles. The number of unbranched alkanes of at least 4 members (excludes halogenated alkanes) is 6. The molecule has 0 heterocycles. The van der Waals surface area contributed by atoms with Crippen molar-refractivity contribution in [2.24, 2.45) is 0 Å². The van der Waals surface area contributed by atoms with Crippen molar-refractivity contribution in [3.8, 4) is 0 Å². The normalized spacial score (nSPS) is 10.7. The highest BCUT2D eigenvalue weighted by Gasteiger charge is 2.09. The molecule has 1 aromatic rings. The first-order valence-electron chi connectivity index (χ1n) is 7.13. The lowest BCUT2D eigenvalue weighted by molar-refractivity contribution is 0.0978. The summed E-state index contributed by atoms with van der Waals surface area (Å²) in [6.07, 6.45) is 8.39. The van der Waals surface area contributed by atoms with Gasteiger partial charge >= 0.3 is 0 Å². The van der Waals surface area contributed by atoms with Gasteiger partial charge in [0.15, 0.2) is 17.4 Å². The zero-order valence-electron chi connectivity index (χ0n) is 11.6. The second-order valence-electron chi connectivity index (χ2n) is 4.92. The van der Waals surface area contributed by atoms with Crippen LogP contribution < -0.4 is 0 Å². The van der Waals surface area contributed by atoms with Crippen LogP contribution in [0.1, 0.15) is 68.6 Å². The van der Waals surface area contributed by atoms with Gasteiger partial charge in [-0.1, -0.05) is 45.4 Å². The smallest absolute Gasteiger partial charge is 0.162 e. The van der Waals surface area contributed by atoms with Gasteiger partial charge in [-0.15, -0.1) is 0 Å². The predicted octanol–water partition coefficient (Wildman–Crippen LogP) is 5.29. The third kappa shape index (κ3) is 5.95. The summed E-state index contributed by atoms with van der Waals surface area (Å²) in [4.78, 5) is 11.8. The van der Waals surface area contributed by atoms with Crippen molar-refractivity contribution in [1.82, 2.24) is 0 Å². The largest absolute Gasteiger partial charge is 0.294 e. The minimum absolute atomic E-state index is 0.104. The average Bonchev–Trinajstić information content (AvgIpc) is 2.40. The van der Waals surface area contributed by atoms with Crippen LogP contribution in [0.3, 0.4) is 0 Å². The maximum absolute atomic E-state index is 13.0. The number of ketones is 1. The molecule has 0 aliphatic rings. The van der Waals surface area contributed by atoms with Crippen molar-refractivity contribution in [3.63, 3.8) is 0 Å². The number of carbonyl (C=O) groups is 1. The molecule has 0 radical (unpaired) electrons. The van der Waals surface area contributed by atoms with Crippen LogP contribution in [0.25, 0.3) is 0 Å². The van der Waals surface area contributed by atoms with Crippen molar-refractivity contribution in [2.45, 2.75) is 58.3 Å². The summed E-state index contributed by atoms with van der Waals surface area (Å²) in [5.41, 5.74) is 0.268. The van der Waals surface area contributed by atoms with Crippen LogP contribution in [0.2, 0.25) is 0 Å². The summed E-state index contributed by atoms with van der Waals surface area (Å²) in [7, 11) is 0. The van der Waals surface area contributed by atoms with Crippen LogP contribution in [-0.2, 0) is 0 Å². The SMILES string of the molecule is CCCCCCCCCC(=O)c1ccc(F)c(F)c1. The number of halogens is 2. The molecule has 0 aromatic heterocycles. The van der Waals surface area contributed by atoms with Crippen molar-refractivity contribution in [2.75, 3.05) is 0 Å². The number of carbonyl (C=O) groups excluding carboxylic acids is 1. The summed E-state index contributed by atoms with van der Waals surface area (Å²) < 4.78 is 25.7. The van der Waals surface area contributed by atoms with Crippen LogP contribution >= 0.6 is 0 Å². The molecule has 0 amide bonds. The summed E-state index contributed by atoms with van der Waals surface area (Å²) in [5, 5.41) is 0. The zero-order chi connectivity index (χ0) is 14.1. The molecule has 0 aliphatic heterocycles. The molecule has 0 atom stereocenters. The minimum atomic E-state index is -0.953. The van der Waals surface area contributed by atoms with Gasteiger partial charge in [-0.3, -0.25) is 4.79 Å². The third-order valence-electron chi connectivity index (χ3n) is 3.25. The molecular formula is C16H22F2O. The average molecular weight is 268 g/mol. The van der Waals surface area contributed by atoms with Crippen LogP contribution in [0.15, 0.2) is 18.2 Å². The van der Waals surface area contributed by atoms with Gasteiger partial charge < -0.3 is 0 Å². The number of rotatable bonds is 9. The van der Waals surface area contributed by atoms with E-state index in [1.54, 1.807) is 0 Å². The summed E-state index contributed by atoms with van der Waals surface area (Å²) in [6, 6.07) is 3.34. The zero-order valence-corrected chi connectivity index (χ0v) is 11.6. The van der Waals surface area contributed by atoms with E-state index >= 15 is 0 Å². The van der Waals surface area contributed by atoms with E-state index in [-0.39, 0.29) is 11.3 Å². The lowest BCUT2D eigenvalue weighted by atomic mass is 10.0. The monoisotopic (exact) mass is 268 g/mol. The molecule has 0 aliphatic carbocycles. The molecule has 0 spiro atoms. The summed E-state index contributed by atoms with van der Waals surface area (Å²) in [5.74, 6) is -1.97. The molecule has 0 N–H and O–H groups in total. The Bertz CT molecular complexity index is 402. The quantitative estimate of drug-likeness (QED) is 0.439. The molecule has 1 rings (SSSR count). The highest BCUT2D eigenvalue weighted by molar-refractivity contribution is 5.95. The Morgan fingerprint density at radius 1 is 0.947 bits per heavy atom. The molecule has 0 unspecified atom stereocenters. The number of Topliss-reactive ketones (excluding diaryl/α,β-unsaturated/α-hetero) is 1. The van der Waals surface area contributed by atoms with Gasteiger partial charge in [0.2, 0.25) is 0 Å². The standard InChI is InChI=1S/C16H22F2O/c1-2-3-4-5-6-7-8-9-16(19)13-10-11-14(17)15(18)12-13/h10-12H,2-9H2,1H3. The second kappa shape index (κ2) is 8.78. The van der Waals surface area contributed by atoms with Crippen LogP contribution in [0, 0.1) is 11.6 Å². The highest BCUT2D eigenvalue weighted by atomic mass is 19.2. The maximum atomic E-state index is 13.0. The van der Waals surface area contributed by atoms with E-state index in [0.29, 0.717) is 6.42 Å². The third-order valence-corrected chi connectivity index (χ3v) is 3.25. The molecule has 0 saturated heterocycles. The van der Waals surface area contributed by atoms with Gasteiger partial charge in [-0.25, -0.2) is 8.78 Å². The van der Waals surface area contributed by atoms with E-state index in [1.165, 1.54) is 31.7 Å². The van der Waals surface area contributed by atoms with Gasteiger partial charge in [0.05, 0.1) is 0 Å². The van der Waals surface area contributed by atoms with E-state index in [9.17, 15) is 13.6 Å². The lowest BCUT2D eigenvalue weighted by Crippen LogP contribution is -2.00. The molecule has 0 bridgehead atoms. The second-order valence-corrected chi connectivity index (χ2v) is 4.92. The van der Waals surface area contributed by atoms with E-state index in [2.05, 4.69) is 6.92 Å². The Morgan fingerprint density at radius 2 is 1.58 bits per heavy atom. The fourth-order valence-electron chi connectivity index (χ4n) is 2.06. The summed E-state index contributed by atoms with van der Waals surface area (Å²) in [6.45, 7) is 2.18. The van der Waals surface area contributed by atoms with Gasteiger partial charge in [-0.05, 0) is 24.6 Å². The number of benzene rings is 1. The van der Waals surface area contributed by atoms with Crippen LogP contribution in [-0.4, -0.2) is 5.78 Å². The van der Waals surface area contributed by atoms with Crippen LogP contribution in [0.4, 0.5) is 8.78 Å². The van der Waals surface area contributed by atoms with E-state index < -0.39 is 11.6 Å². The van der Waals surface area contributed by atoms with Crippen molar-refractivity contribution in [1.29, 1.82) is 0 Å². The van der Waals surface area contributed by atoms with Gasteiger partial charge in [0.25, 0.3) is 0 Å². The molecule has 106 valence electrons. The van der Waals surface area contributed by atoms with Crippen molar-refractivity contribution >= 4 is 5.78 Å². The molecule has 1 nitrogen and oxygen atoms in total. The minimum Gasteiger partial charge on any atom is -0.294 e. The molecular weight excluding hydrogens is 246 g/mol. The topological polar surface area (TPSA) is 17.1 Å². The van der Waals surface area contributed by atoms with E-state index in [1.807, 2.05) is 0 Å². The molecule has 3 heteroatoms. The van der Waals surface area contributed by atoms with E-state index in [4.69, 9.17) is 0 Å². The molecule has 0 fully saturated rings. The first-order valence-corrected chi connectivity index (χ1v) is 7.13. The number of hydrogen-bond acceptors (Lipinski definition) is 1. The van der Waals surface area contributed by atoms with Crippen molar-refractivity contribution < 1.29 is 13.6 Å². The van der Waals surface area contributed by atoms with Gasteiger partial charge in [-0.2, -0.15) is 0 Å². The Morgan fingerprint density at radius 3 is 2.21 bits per heavy atom. The Hall–Kier alpha value is -1.25. The summed E-state index contributed by atoms with van der Waals surface area (Å²) >= 11 is 0. The fourth-order valence-corrected chi connectivity index (χ4v) is 2.06.